The highest BCUT2D eigenvalue weighted by molar-refractivity contribution is 5.94. The van der Waals surface area contributed by atoms with E-state index in [2.05, 4.69) is 15.4 Å². The molecule has 1 aromatic rings. The van der Waals surface area contributed by atoms with Crippen molar-refractivity contribution >= 4 is 17.5 Å². The SMILES string of the molecule is Cc1cc(NC(=O)CNC(=O)CN)ccc1OCC(F)(F)F. The molecule has 1 rings (SSSR count). The van der Waals surface area contributed by atoms with Gasteiger partial charge in [-0.15, -0.1) is 0 Å². The zero-order valence-electron chi connectivity index (χ0n) is 11.8. The first-order valence-electron chi connectivity index (χ1n) is 6.28. The standard InChI is InChI=1S/C13H16F3N3O3/c1-8-4-9(19-12(21)6-18-11(20)5-17)2-3-10(8)22-7-13(14,15)16/h2-4H,5-7,17H2,1H3,(H,18,20)(H,19,21). The number of nitrogens with two attached hydrogens (primary N) is 1. The second-order valence-electron chi connectivity index (χ2n) is 4.41. The van der Waals surface area contributed by atoms with Crippen LogP contribution >= 0.6 is 0 Å². The van der Waals surface area contributed by atoms with Crippen molar-refractivity contribution in [3.8, 4) is 5.75 Å². The van der Waals surface area contributed by atoms with Crippen LogP contribution in [0.1, 0.15) is 5.56 Å². The van der Waals surface area contributed by atoms with Crippen molar-refractivity contribution in [2.75, 3.05) is 25.0 Å². The van der Waals surface area contributed by atoms with E-state index in [9.17, 15) is 22.8 Å². The van der Waals surface area contributed by atoms with Gasteiger partial charge in [-0.1, -0.05) is 0 Å². The Morgan fingerprint density at radius 2 is 1.95 bits per heavy atom. The van der Waals surface area contributed by atoms with Crippen molar-refractivity contribution in [3.63, 3.8) is 0 Å². The number of rotatable bonds is 6. The van der Waals surface area contributed by atoms with Crippen LogP contribution in [0.25, 0.3) is 0 Å². The number of benzene rings is 1. The fraction of sp³-hybridized carbons (Fsp3) is 0.385. The first-order valence-corrected chi connectivity index (χ1v) is 6.28. The van der Waals surface area contributed by atoms with Crippen molar-refractivity contribution in [1.82, 2.24) is 5.32 Å². The Balaban J connectivity index is 2.58. The van der Waals surface area contributed by atoms with E-state index >= 15 is 0 Å². The smallest absolute Gasteiger partial charge is 0.422 e. The van der Waals surface area contributed by atoms with Gasteiger partial charge in [0.2, 0.25) is 11.8 Å². The Morgan fingerprint density at radius 1 is 1.27 bits per heavy atom. The fourth-order valence-corrected chi connectivity index (χ4v) is 1.50. The van der Waals surface area contributed by atoms with E-state index in [1.165, 1.54) is 18.2 Å². The van der Waals surface area contributed by atoms with Crippen LogP contribution in [-0.2, 0) is 9.59 Å². The van der Waals surface area contributed by atoms with E-state index in [0.29, 0.717) is 11.3 Å². The van der Waals surface area contributed by atoms with Crippen molar-refractivity contribution < 1.29 is 27.5 Å². The van der Waals surface area contributed by atoms with Crippen LogP contribution in [-0.4, -0.2) is 37.7 Å². The van der Waals surface area contributed by atoms with Crippen molar-refractivity contribution in [2.45, 2.75) is 13.1 Å². The second-order valence-corrected chi connectivity index (χ2v) is 4.41. The molecule has 0 aromatic heterocycles. The molecule has 0 saturated heterocycles. The highest BCUT2D eigenvalue weighted by Gasteiger charge is 2.28. The average molecular weight is 319 g/mol. The van der Waals surface area contributed by atoms with Gasteiger partial charge in [-0.05, 0) is 30.7 Å². The summed E-state index contributed by atoms with van der Waals surface area (Å²) < 4.78 is 40.9. The van der Waals surface area contributed by atoms with Crippen LogP contribution in [0.3, 0.4) is 0 Å². The van der Waals surface area contributed by atoms with Gasteiger partial charge >= 0.3 is 6.18 Å². The third-order valence-corrected chi connectivity index (χ3v) is 2.48. The number of aryl methyl sites for hydroxylation is 1. The highest BCUT2D eigenvalue weighted by atomic mass is 19.4. The number of nitrogens with one attached hydrogen (secondary N) is 2. The molecular weight excluding hydrogens is 303 g/mol. The number of carbonyl (C=O) groups excluding carboxylic acids is 2. The summed E-state index contributed by atoms with van der Waals surface area (Å²) in [6, 6.07) is 4.20. The molecule has 6 nitrogen and oxygen atoms in total. The molecule has 0 spiro atoms. The molecule has 0 radical (unpaired) electrons. The third-order valence-electron chi connectivity index (χ3n) is 2.48. The van der Waals surface area contributed by atoms with E-state index in [1.807, 2.05) is 0 Å². The van der Waals surface area contributed by atoms with Gasteiger partial charge in [0.1, 0.15) is 5.75 Å². The maximum Gasteiger partial charge on any atom is 0.422 e. The largest absolute Gasteiger partial charge is 0.484 e. The zero-order valence-corrected chi connectivity index (χ0v) is 11.8. The number of anilines is 1. The number of halogens is 3. The van der Waals surface area contributed by atoms with Crippen LogP contribution in [0.5, 0.6) is 5.75 Å². The summed E-state index contributed by atoms with van der Waals surface area (Å²) in [5.41, 5.74) is 5.89. The lowest BCUT2D eigenvalue weighted by Crippen LogP contribution is -2.36. The van der Waals surface area contributed by atoms with E-state index < -0.39 is 24.6 Å². The maximum atomic E-state index is 12.1. The first kappa shape index (κ1) is 17.8. The molecule has 0 unspecified atom stereocenters. The van der Waals surface area contributed by atoms with Crippen LogP contribution < -0.4 is 21.1 Å². The lowest BCUT2D eigenvalue weighted by molar-refractivity contribution is -0.153. The molecule has 9 heteroatoms. The summed E-state index contributed by atoms with van der Waals surface area (Å²) in [7, 11) is 0. The number of hydrogen-bond acceptors (Lipinski definition) is 4. The molecule has 2 amide bonds. The Hall–Kier alpha value is -2.29. The summed E-state index contributed by atoms with van der Waals surface area (Å²) in [5.74, 6) is -0.876. The quantitative estimate of drug-likeness (QED) is 0.728. The fourth-order valence-electron chi connectivity index (χ4n) is 1.50. The Bertz CT molecular complexity index is 547. The Morgan fingerprint density at radius 3 is 2.50 bits per heavy atom. The van der Waals surface area contributed by atoms with Crippen molar-refractivity contribution in [2.24, 2.45) is 5.73 Å². The normalized spacial score (nSPS) is 11.0. The van der Waals surface area contributed by atoms with E-state index in [1.54, 1.807) is 6.92 Å². The summed E-state index contributed by atoms with van der Waals surface area (Å²) in [5, 5.41) is 4.78. The third kappa shape index (κ3) is 6.44. The molecule has 0 heterocycles. The highest BCUT2D eigenvalue weighted by Crippen LogP contribution is 2.24. The van der Waals surface area contributed by atoms with E-state index in [-0.39, 0.29) is 18.8 Å². The van der Waals surface area contributed by atoms with E-state index in [0.717, 1.165) is 0 Å². The van der Waals surface area contributed by atoms with Gasteiger partial charge < -0.3 is 21.1 Å². The molecular formula is C13H16F3N3O3. The van der Waals surface area contributed by atoms with Gasteiger partial charge in [0.25, 0.3) is 0 Å². The molecule has 122 valence electrons. The molecule has 0 fully saturated rings. The Kier molecular flexibility index (Phi) is 6.17. The minimum Gasteiger partial charge on any atom is -0.484 e. The molecule has 0 aliphatic carbocycles. The number of carbonyl (C=O) groups is 2. The predicted molar refractivity (Wildman–Crippen MR) is 73.4 cm³/mol. The number of ether oxygens (including phenoxy) is 1. The molecule has 0 aliphatic rings. The lowest BCUT2D eigenvalue weighted by atomic mass is 10.2. The molecule has 0 saturated carbocycles. The summed E-state index contributed by atoms with van der Waals surface area (Å²) in [6.45, 7) is -0.304. The van der Waals surface area contributed by atoms with Gasteiger partial charge in [-0.25, -0.2) is 0 Å². The van der Waals surface area contributed by atoms with Crippen molar-refractivity contribution in [1.29, 1.82) is 0 Å². The molecule has 0 atom stereocenters. The first-order chi connectivity index (χ1) is 10.2. The van der Waals surface area contributed by atoms with E-state index in [4.69, 9.17) is 5.73 Å². The molecule has 0 bridgehead atoms. The van der Waals surface area contributed by atoms with Gasteiger partial charge in [-0.3, -0.25) is 9.59 Å². The number of alkyl halides is 3. The zero-order chi connectivity index (χ0) is 16.8. The summed E-state index contributed by atoms with van der Waals surface area (Å²) >= 11 is 0. The number of amides is 2. The maximum absolute atomic E-state index is 12.1. The van der Waals surface area contributed by atoms with Crippen LogP contribution in [0.2, 0.25) is 0 Å². The molecule has 4 N–H and O–H groups in total. The minimum atomic E-state index is -4.42. The molecule has 0 aliphatic heterocycles. The summed E-state index contributed by atoms with van der Waals surface area (Å²) in [4.78, 5) is 22.4. The van der Waals surface area contributed by atoms with Gasteiger partial charge in [0, 0.05) is 5.69 Å². The topological polar surface area (TPSA) is 93.5 Å². The van der Waals surface area contributed by atoms with Crippen LogP contribution in [0, 0.1) is 6.92 Å². The molecule has 22 heavy (non-hydrogen) atoms. The van der Waals surface area contributed by atoms with Crippen molar-refractivity contribution in [3.05, 3.63) is 23.8 Å². The average Bonchev–Trinajstić information content (AvgIpc) is 2.42. The van der Waals surface area contributed by atoms with Gasteiger partial charge in [0.15, 0.2) is 6.61 Å². The Labute approximate surface area is 124 Å². The van der Waals surface area contributed by atoms with Gasteiger partial charge in [-0.2, -0.15) is 13.2 Å². The van der Waals surface area contributed by atoms with Crippen LogP contribution in [0.15, 0.2) is 18.2 Å². The second kappa shape index (κ2) is 7.64. The molecule has 1 aromatic carbocycles. The monoisotopic (exact) mass is 319 g/mol. The predicted octanol–water partition coefficient (Wildman–Crippen LogP) is 0.950. The van der Waals surface area contributed by atoms with Crippen LogP contribution in [0.4, 0.5) is 18.9 Å². The minimum absolute atomic E-state index is 0.0757. The lowest BCUT2D eigenvalue weighted by Gasteiger charge is -2.13. The summed E-state index contributed by atoms with van der Waals surface area (Å²) in [6.07, 6.45) is -4.42. The van der Waals surface area contributed by atoms with Gasteiger partial charge in [0.05, 0.1) is 13.1 Å². The number of hydrogen-bond donors (Lipinski definition) is 3.